The lowest BCUT2D eigenvalue weighted by molar-refractivity contribution is 0.131. The monoisotopic (exact) mass is 217 g/mol. The zero-order valence-electron chi connectivity index (χ0n) is 9.42. The van der Waals surface area contributed by atoms with E-state index < -0.39 is 0 Å². The Kier molecular flexibility index (Phi) is 6.65. The van der Waals surface area contributed by atoms with Gasteiger partial charge in [-0.2, -0.15) is 11.8 Å². The van der Waals surface area contributed by atoms with Crippen LogP contribution in [0.1, 0.15) is 33.1 Å². The minimum Gasteiger partial charge on any atom is -0.381 e. The number of hydrogen-bond acceptors (Lipinski definition) is 3. The first-order valence-electron chi connectivity index (χ1n) is 5.77. The van der Waals surface area contributed by atoms with Crippen LogP contribution in [-0.4, -0.2) is 36.8 Å². The maximum Gasteiger partial charge on any atom is 0.0478 e. The van der Waals surface area contributed by atoms with Crippen molar-refractivity contribution < 1.29 is 4.74 Å². The summed E-state index contributed by atoms with van der Waals surface area (Å²) in [5, 5.41) is 4.41. The van der Waals surface area contributed by atoms with Crippen LogP contribution in [0.3, 0.4) is 0 Å². The molecular formula is C11H23NOS. The van der Waals surface area contributed by atoms with Gasteiger partial charge in [0.15, 0.2) is 0 Å². The summed E-state index contributed by atoms with van der Waals surface area (Å²) in [4.78, 5) is 0. The van der Waals surface area contributed by atoms with Gasteiger partial charge < -0.3 is 10.1 Å². The second-order valence-corrected chi connectivity index (χ2v) is 5.38. The minimum absolute atomic E-state index is 0.742. The molecule has 1 fully saturated rings. The van der Waals surface area contributed by atoms with E-state index in [2.05, 4.69) is 30.9 Å². The van der Waals surface area contributed by atoms with Crippen LogP contribution >= 0.6 is 11.8 Å². The highest BCUT2D eigenvalue weighted by Gasteiger charge is 2.22. The maximum atomic E-state index is 5.43. The molecule has 1 heterocycles. The van der Waals surface area contributed by atoms with Crippen LogP contribution in [0.5, 0.6) is 0 Å². The molecule has 1 aliphatic heterocycles. The van der Waals surface area contributed by atoms with Gasteiger partial charge in [0.05, 0.1) is 0 Å². The molecule has 0 saturated carbocycles. The smallest absolute Gasteiger partial charge is 0.0478 e. The molecule has 0 aromatic carbocycles. The molecule has 2 unspecified atom stereocenters. The molecule has 0 radical (unpaired) electrons. The Hall–Kier alpha value is 0.270. The van der Waals surface area contributed by atoms with Crippen molar-refractivity contribution in [3.63, 3.8) is 0 Å². The maximum absolute atomic E-state index is 5.43. The Morgan fingerprint density at radius 3 is 2.93 bits per heavy atom. The van der Waals surface area contributed by atoms with Crippen molar-refractivity contribution in [2.24, 2.45) is 0 Å². The van der Waals surface area contributed by atoms with E-state index in [1.54, 1.807) is 0 Å². The van der Waals surface area contributed by atoms with Crippen LogP contribution in [0.25, 0.3) is 0 Å². The average molecular weight is 217 g/mol. The van der Waals surface area contributed by atoms with Crippen molar-refractivity contribution in [3.8, 4) is 0 Å². The minimum atomic E-state index is 0.742. The molecule has 14 heavy (non-hydrogen) atoms. The lowest BCUT2D eigenvalue weighted by atomic mass is 10.2. The summed E-state index contributed by atoms with van der Waals surface area (Å²) in [6.07, 6.45) is 3.61. The van der Waals surface area contributed by atoms with Gasteiger partial charge in [0.2, 0.25) is 0 Å². The van der Waals surface area contributed by atoms with E-state index >= 15 is 0 Å². The quantitative estimate of drug-likeness (QED) is 0.661. The van der Waals surface area contributed by atoms with Gasteiger partial charge >= 0.3 is 0 Å². The molecule has 1 aliphatic rings. The number of nitrogens with one attached hydrogen (secondary N) is 1. The molecule has 3 heteroatoms. The molecule has 1 saturated heterocycles. The molecule has 84 valence electrons. The van der Waals surface area contributed by atoms with Crippen molar-refractivity contribution in [1.82, 2.24) is 5.32 Å². The Morgan fingerprint density at radius 2 is 2.29 bits per heavy atom. The highest BCUT2D eigenvalue weighted by Crippen LogP contribution is 2.25. The molecule has 0 aromatic rings. The topological polar surface area (TPSA) is 21.3 Å². The molecule has 0 bridgehead atoms. The van der Waals surface area contributed by atoms with Gasteiger partial charge in [-0.05, 0) is 31.6 Å². The van der Waals surface area contributed by atoms with Crippen molar-refractivity contribution >= 4 is 11.8 Å². The summed E-state index contributed by atoms with van der Waals surface area (Å²) in [6.45, 7) is 7.41. The number of ether oxygens (including phenoxy) is 1. The van der Waals surface area contributed by atoms with Crippen LogP contribution < -0.4 is 5.32 Å². The van der Waals surface area contributed by atoms with E-state index in [-0.39, 0.29) is 0 Å². The lowest BCUT2D eigenvalue weighted by Crippen LogP contribution is -2.34. The first-order valence-corrected chi connectivity index (χ1v) is 6.82. The van der Waals surface area contributed by atoms with Gasteiger partial charge in [-0.1, -0.05) is 13.8 Å². The molecule has 1 N–H and O–H groups in total. The van der Waals surface area contributed by atoms with E-state index in [1.807, 2.05) is 0 Å². The molecule has 0 amide bonds. The second-order valence-electron chi connectivity index (χ2n) is 3.89. The van der Waals surface area contributed by atoms with Crippen LogP contribution in [-0.2, 0) is 4.74 Å². The van der Waals surface area contributed by atoms with E-state index in [0.717, 1.165) is 43.9 Å². The molecule has 1 rings (SSSR count). The third-order valence-electron chi connectivity index (χ3n) is 2.60. The Bertz CT molecular complexity index is 143. The summed E-state index contributed by atoms with van der Waals surface area (Å²) >= 11 is 2.08. The predicted molar refractivity (Wildman–Crippen MR) is 64.1 cm³/mol. The number of hydrogen-bond donors (Lipinski definition) is 1. The SMILES string of the molecule is CCCOCCCNC1CCSC1C. The van der Waals surface area contributed by atoms with Crippen molar-refractivity contribution in [1.29, 1.82) is 0 Å². The van der Waals surface area contributed by atoms with Gasteiger partial charge in [-0.3, -0.25) is 0 Å². The van der Waals surface area contributed by atoms with Gasteiger partial charge in [-0.15, -0.1) is 0 Å². The zero-order valence-corrected chi connectivity index (χ0v) is 10.2. The standard InChI is InChI=1S/C11H23NOS/c1-3-7-13-8-4-6-12-11-5-9-14-10(11)2/h10-12H,3-9H2,1-2H3. The normalized spacial score (nSPS) is 27.0. The van der Waals surface area contributed by atoms with Crippen molar-refractivity contribution in [2.75, 3.05) is 25.5 Å². The first kappa shape index (κ1) is 12.3. The number of rotatable bonds is 7. The Labute approximate surface area is 92.2 Å². The summed E-state index contributed by atoms with van der Waals surface area (Å²) in [5.41, 5.74) is 0. The largest absolute Gasteiger partial charge is 0.381 e. The summed E-state index contributed by atoms with van der Waals surface area (Å²) in [7, 11) is 0. The van der Waals surface area contributed by atoms with Crippen molar-refractivity contribution in [2.45, 2.75) is 44.4 Å². The van der Waals surface area contributed by atoms with E-state index in [9.17, 15) is 0 Å². The van der Waals surface area contributed by atoms with Gasteiger partial charge in [0, 0.05) is 24.5 Å². The predicted octanol–water partition coefficient (Wildman–Crippen LogP) is 2.29. The van der Waals surface area contributed by atoms with Gasteiger partial charge in [0.25, 0.3) is 0 Å². The Morgan fingerprint density at radius 1 is 1.43 bits per heavy atom. The van der Waals surface area contributed by atoms with Crippen LogP contribution in [0.4, 0.5) is 0 Å². The van der Waals surface area contributed by atoms with Crippen LogP contribution in [0, 0.1) is 0 Å². The molecule has 2 atom stereocenters. The number of thioether (sulfide) groups is 1. The van der Waals surface area contributed by atoms with Gasteiger partial charge in [-0.25, -0.2) is 0 Å². The highest BCUT2D eigenvalue weighted by atomic mass is 32.2. The molecule has 2 nitrogen and oxygen atoms in total. The molecular weight excluding hydrogens is 194 g/mol. The molecule has 0 aliphatic carbocycles. The summed E-state index contributed by atoms with van der Waals surface area (Å²) < 4.78 is 5.43. The second kappa shape index (κ2) is 7.55. The third-order valence-corrected chi connectivity index (χ3v) is 3.92. The van der Waals surface area contributed by atoms with Crippen molar-refractivity contribution in [3.05, 3.63) is 0 Å². The van der Waals surface area contributed by atoms with Crippen LogP contribution in [0.2, 0.25) is 0 Å². The molecule has 0 spiro atoms. The van der Waals surface area contributed by atoms with Gasteiger partial charge in [0.1, 0.15) is 0 Å². The highest BCUT2D eigenvalue weighted by molar-refractivity contribution is 8.00. The summed E-state index contributed by atoms with van der Waals surface area (Å²) in [6, 6.07) is 0.742. The Balaban J connectivity index is 1.88. The summed E-state index contributed by atoms with van der Waals surface area (Å²) in [5.74, 6) is 1.32. The fourth-order valence-corrected chi connectivity index (χ4v) is 2.93. The third kappa shape index (κ3) is 4.67. The lowest BCUT2D eigenvalue weighted by Gasteiger charge is -2.16. The van der Waals surface area contributed by atoms with Crippen LogP contribution in [0.15, 0.2) is 0 Å². The van der Waals surface area contributed by atoms with E-state index in [4.69, 9.17) is 4.74 Å². The average Bonchev–Trinajstić information content (AvgIpc) is 2.58. The molecule has 0 aromatic heterocycles. The fraction of sp³-hybridized carbons (Fsp3) is 1.00. The van der Waals surface area contributed by atoms with E-state index in [0.29, 0.717) is 0 Å². The first-order chi connectivity index (χ1) is 6.84. The van der Waals surface area contributed by atoms with E-state index in [1.165, 1.54) is 12.2 Å². The fourth-order valence-electron chi connectivity index (χ4n) is 1.71. The zero-order chi connectivity index (χ0) is 10.2.